The lowest BCUT2D eigenvalue weighted by Gasteiger charge is -2.32. The number of nitrogens with one attached hydrogen (secondary N) is 3. The highest BCUT2D eigenvalue weighted by molar-refractivity contribution is 14.1. The molecule has 12 aromatic rings. The number of aromatic amines is 2. The lowest BCUT2D eigenvalue weighted by atomic mass is 9.82. The van der Waals surface area contributed by atoms with Crippen molar-refractivity contribution >= 4 is 115 Å². The number of benzene rings is 6. The maximum atomic E-state index is 13.6. The summed E-state index contributed by atoms with van der Waals surface area (Å²) in [6, 6.07) is 32.8. The smallest absolute Gasteiger partial charge is 0.478 e. The van der Waals surface area contributed by atoms with Crippen molar-refractivity contribution in [3.63, 3.8) is 0 Å². The molecule has 0 bridgehead atoms. The van der Waals surface area contributed by atoms with E-state index in [4.69, 9.17) is 57.2 Å². The molecule has 5 aliphatic heterocycles. The quantitative estimate of drug-likeness (QED) is 0.0320. The van der Waals surface area contributed by atoms with Crippen molar-refractivity contribution in [1.82, 2.24) is 30.6 Å². The Morgan fingerprint density at radius 1 is 0.436 bits per heavy atom. The first kappa shape index (κ1) is 84.4. The highest BCUT2D eigenvalue weighted by atomic mass is 127. The fourth-order valence-electron chi connectivity index (χ4n) is 13.5. The number of hydrogen-bond acceptors (Lipinski definition) is 25. The van der Waals surface area contributed by atoms with Gasteiger partial charge in [-0.25, -0.2) is 14.4 Å². The maximum Gasteiger partial charge on any atom is 0.499 e. The first-order valence-electron chi connectivity index (χ1n) is 37.7. The van der Waals surface area contributed by atoms with Gasteiger partial charge in [0.2, 0.25) is 11.1 Å². The first-order chi connectivity index (χ1) is 56.2. The summed E-state index contributed by atoms with van der Waals surface area (Å²) in [7, 11) is -0.369. The van der Waals surface area contributed by atoms with E-state index in [1.165, 1.54) is 12.5 Å². The van der Waals surface area contributed by atoms with Crippen LogP contribution in [0, 0.1) is 31.3 Å². The number of ether oxygens (including phenoxy) is 4. The minimum atomic E-state index is -0.940. The molecule has 6 aromatic heterocycles. The van der Waals surface area contributed by atoms with Crippen molar-refractivity contribution in [2.75, 3.05) is 136 Å². The Kier molecular flexibility index (Phi) is 27.6. The minimum Gasteiger partial charge on any atom is -0.478 e. The summed E-state index contributed by atoms with van der Waals surface area (Å²) in [5, 5.41) is 47.7. The molecule has 31 nitrogen and oxygen atoms in total. The molecule has 11 heterocycles. The standard InChI is InChI=1S/C25H24N4O4.2C14H14N2O4.C11H12INO3.C11H12N2O.C9H14BNO3/c1-15-10-24(30)27-22-9-16(2)21(12-19(15)22)28-25(31)20-11-17(18-13-26-33-14-18)3-4-23(20)29-5-7-32-8-6-29;2*17-14(18)12-7-10(11-8-15-20-9-11)1-2-13(12)16-3-5-19-6-4-16;12-8-1-2-10(9(7-8)11(14)15)13-3-5-16-6-4-13;1-6-4-11(14)13-10-3-7(2)9(12)5-8(6)10;1-8(2)9(3,4)14-10(13-8)7-5-11-12-6-7/h3-4,9-14H,5-8H2,1-2H3,(H,27,30)(H,28,31);2*1-2,7-9H,3-6H2,(H,17,18);1-2,7H,3-6H2,(H,14,15);3-5H,12H2,1-2H3,(H,13,14);5-6H,1-4H3. The fraction of sp³-hybridized carbons (Fsp3) is 0.310. The van der Waals surface area contributed by atoms with Gasteiger partial charge in [-0.3, -0.25) is 14.4 Å². The van der Waals surface area contributed by atoms with Crippen LogP contribution in [-0.4, -0.2) is 193 Å². The number of rotatable bonds is 13. The number of carboxylic acids is 3. The van der Waals surface area contributed by atoms with Crippen LogP contribution in [0.2, 0.25) is 0 Å². The van der Waals surface area contributed by atoms with Gasteiger partial charge >= 0.3 is 25.0 Å². The molecular weight excluding hydrogens is 1620 g/mol. The molecule has 0 atom stereocenters. The largest absolute Gasteiger partial charge is 0.499 e. The van der Waals surface area contributed by atoms with Crippen molar-refractivity contribution < 1.29 is 80.8 Å². The number of aromatic carboxylic acids is 3. The monoisotopic (exact) mass is 1710 g/mol. The fourth-order valence-corrected chi connectivity index (χ4v) is 14.0. The van der Waals surface area contributed by atoms with Crippen LogP contribution < -0.4 is 47.2 Å². The number of aromatic nitrogens is 6. The van der Waals surface area contributed by atoms with Gasteiger partial charge < -0.3 is 102 Å². The van der Waals surface area contributed by atoms with Crippen molar-refractivity contribution in [2.24, 2.45) is 0 Å². The van der Waals surface area contributed by atoms with Crippen molar-refractivity contribution in [3.05, 3.63) is 228 Å². The van der Waals surface area contributed by atoms with E-state index in [2.05, 4.69) is 68.3 Å². The topological polar surface area (TPSA) is 405 Å². The van der Waals surface area contributed by atoms with Gasteiger partial charge in [0.1, 0.15) is 25.1 Å². The molecule has 0 unspecified atom stereocenters. The second-order valence-electron chi connectivity index (χ2n) is 29.0. The van der Waals surface area contributed by atoms with Crippen LogP contribution in [0.1, 0.15) is 91.4 Å². The zero-order valence-electron chi connectivity index (χ0n) is 65.8. The molecule has 117 heavy (non-hydrogen) atoms. The van der Waals surface area contributed by atoms with Gasteiger partial charge in [0, 0.05) is 129 Å². The van der Waals surface area contributed by atoms with Gasteiger partial charge in [-0.15, -0.1) is 0 Å². The minimum absolute atomic E-state index is 0.0702. The maximum absolute atomic E-state index is 13.6. The number of halogens is 1. The molecule has 8 N–H and O–H groups in total. The number of fused-ring (bicyclic) bond motifs is 2. The molecule has 5 saturated heterocycles. The summed E-state index contributed by atoms with van der Waals surface area (Å²) in [5.74, 6) is -2.96. The molecule has 0 spiro atoms. The summed E-state index contributed by atoms with van der Waals surface area (Å²) in [6.45, 7) is 26.5. The van der Waals surface area contributed by atoms with E-state index in [1.54, 1.807) is 67.6 Å². The number of hydrogen-bond donors (Lipinski definition) is 7. The molecule has 0 saturated carbocycles. The van der Waals surface area contributed by atoms with Gasteiger partial charge in [0.05, 0.1) is 128 Å². The molecule has 0 aliphatic carbocycles. The normalized spacial score (nSPS) is 15.5. The van der Waals surface area contributed by atoms with E-state index in [9.17, 15) is 39.0 Å². The number of carbonyl (C=O) groups excluding carboxylic acids is 1. The van der Waals surface area contributed by atoms with Gasteiger partial charge in [0.15, 0.2) is 0 Å². The third kappa shape index (κ3) is 21.0. The number of carboxylic acid groups (broad SMARTS) is 3. The number of nitrogen functional groups attached to an aromatic ring is 1. The Morgan fingerprint density at radius 2 is 0.786 bits per heavy atom. The van der Waals surface area contributed by atoms with Crippen LogP contribution in [0.25, 0.3) is 55.2 Å². The lowest BCUT2D eigenvalue weighted by molar-refractivity contribution is 0.00578. The molecule has 17 rings (SSSR count). The lowest BCUT2D eigenvalue weighted by Crippen LogP contribution is -2.41. The number of nitrogens with two attached hydrogens (primary N) is 1. The molecule has 610 valence electrons. The van der Waals surface area contributed by atoms with E-state index in [1.807, 2.05) is 144 Å². The Balaban J connectivity index is 0.000000133. The molecule has 1 amide bonds. The van der Waals surface area contributed by atoms with Crippen LogP contribution >= 0.6 is 22.6 Å². The number of amides is 1. The van der Waals surface area contributed by atoms with Gasteiger partial charge in [-0.05, 0) is 196 Å². The zero-order chi connectivity index (χ0) is 83.1. The highest BCUT2D eigenvalue weighted by Crippen LogP contribution is 2.38. The van der Waals surface area contributed by atoms with E-state index in [0.717, 1.165) is 128 Å². The van der Waals surface area contributed by atoms with Crippen molar-refractivity contribution in [1.29, 1.82) is 0 Å². The number of H-pyrrole nitrogens is 2. The number of pyridine rings is 2. The van der Waals surface area contributed by atoms with Crippen LogP contribution in [0.4, 0.5) is 34.1 Å². The number of morpholine rings is 4. The van der Waals surface area contributed by atoms with Crippen LogP contribution in [0.5, 0.6) is 0 Å². The summed E-state index contributed by atoms with van der Waals surface area (Å²) in [4.78, 5) is 84.7. The third-order valence-electron chi connectivity index (χ3n) is 20.6. The zero-order valence-corrected chi connectivity index (χ0v) is 68.0. The molecule has 5 aliphatic rings. The first-order valence-corrected chi connectivity index (χ1v) is 38.8. The second-order valence-corrected chi connectivity index (χ2v) is 30.3. The summed E-state index contributed by atoms with van der Waals surface area (Å²) in [6.07, 6.45) is 12.5. The predicted octanol–water partition coefficient (Wildman–Crippen LogP) is 12.2. The predicted molar refractivity (Wildman–Crippen MR) is 451 cm³/mol. The SMILES string of the molecule is CC1(C)OB(c2cnoc2)OC1(C)C.Cc1cc2[nH]c(=O)cc(C)c2cc1N.Cc1cc2[nH]c(=O)cc(C)c2cc1NC(=O)c1cc(-c2cnoc2)ccc1N1CCOCC1.O=C(O)c1cc(-c2cnoc2)ccc1N1CCOCC1.O=C(O)c1cc(-c2cnoc2)ccc1N1CCOCC1.O=C(O)c1cc(I)ccc1N1CCOCC1. The summed E-state index contributed by atoms with van der Waals surface area (Å²) < 4.78 is 53.2. The number of nitrogens with zero attached hydrogens (tertiary/aromatic N) is 8. The van der Waals surface area contributed by atoms with Gasteiger partial charge in [-0.1, -0.05) is 38.8 Å². The van der Waals surface area contributed by atoms with E-state index < -0.39 is 17.9 Å². The Hall–Kier alpha value is -12.0. The average Bonchev–Trinajstić information content (AvgIpc) is 1.18. The Morgan fingerprint density at radius 3 is 1.16 bits per heavy atom. The number of aryl methyl sites for hydroxylation is 4. The third-order valence-corrected chi connectivity index (χ3v) is 21.3. The van der Waals surface area contributed by atoms with Crippen LogP contribution in [-0.2, 0) is 28.3 Å². The second kappa shape index (κ2) is 38.2. The van der Waals surface area contributed by atoms with Crippen LogP contribution in [0.3, 0.4) is 0 Å². The highest BCUT2D eigenvalue weighted by Gasteiger charge is 2.52. The molecule has 5 fully saturated rings. The van der Waals surface area contributed by atoms with E-state index in [-0.39, 0.29) is 46.5 Å². The summed E-state index contributed by atoms with van der Waals surface area (Å²) >= 11 is 2.12. The van der Waals surface area contributed by atoms with Crippen molar-refractivity contribution in [2.45, 2.75) is 66.6 Å². The van der Waals surface area contributed by atoms with E-state index in [0.29, 0.717) is 109 Å². The molecule has 33 heteroatoms. The Bertz CT molecular complexity index is 5440. The Labute approximate surface area is 686 Å². The summed E-state index contributed by atoms with van der Waals surface area (Å²) in [5.41, 5.74) is 21.8. The van der Waals surface area contributed by atoms with Gasteiger partial charge in [-0.2, -0.15) is 0 Å². The molecule has 6 aromatic carbocycles. The molecule has 0 radical (unpaired) electrons. The number of anilines is 6. The number of carbonyl (C=O) groups is 4. The van der Waals surface area contributed by atoms with E-state index >= 15 is 0 Å². The average molecular weight is 1710 g/mol. The van der Waals surface area contributed by atoms with Crippen LogP contribution in [0.15, 0.2) is 187 Å². The van der Waals surface area contributed by atoms with Gasteiger partial charge in [0.25, 0.3) is 5.91 Å². The van der Waals surface area contributed by atoms with Crippen molar-refractivity contribution in [3.8, 4) is 33.4 Å². The molecular formula is C84H90BIN12O19.